The van der Waals surface area contributed by atoms with Gasteiger partial charge in [0.05, 0.1) is 12.7 Å². The van der Waals surface area contributed by atoms with E-state index >= 15 is 0 Å². The van der Waals surface area contributed by atoms with Crippen LogP contribution >= 0.6 is 11.6 Å². The molecule has 0 spiro atoms. The number of carbonyl (C=O) groups is 2. The second kappa shape index (κ2) is 10.8. The molecule has 1 atom stereocenters. The third kappa shape index (κ3) is 5.28. The van der Waals surface area contributed by atoms with Crippen molar-refractivity contribution >= 4 is 34.4 Å². The molecule has 0 aliphatic rings. The number of hydrogen-bond acceptors (Lipinski definition) is 5. The number of nitrogens with zero attached hydrogens (tertiary/aromatic N) is 1. The molecule has 3 rings (SSSR count). The Kier molecular flexibility index (Phi) is 8.05. The minimum atomic E-state index is -0.713. The number of hydrogen-bond donors (Lipinski definition) is 0. The Labute approximate surface area is 205 Å². The molecule has 0 bridgehead atoms. The van der Waals surface area contributed by atoms with E-state index < -0.39 is 12.1 Å². The number of benzene rings is 2. The number of aromatic nitrogens is 1. The molecular formula is C27H30ClNO5. The van der Waals surface area contributed by atoms with Crippen molar-refractivity contribution < 1.29 is 23.8 Å². The summed E-state index contributed by atoms with van der Waals surface area (Å²) in [5.74, 6) is -0.319. The van der Waals surface area contributed by atoms with Crippen LogP contribution in [0.3, 0.4) is 0 Å². The lowest BCUT2D eigenvalue weighted by molar-refractivity contribution is -0.150. The zero-order valence-corrected chi connectivity index (χ0v) is 20.9. The van der Waals surface area contributed by atoms with Gasteiger partial charge in [-0.1, -0.05) is 38.1 Å². The third-order valence-corrected chi connectivity index (χ3v) is 6.22. The Bertz CT molecular complexity index is 1230. The number of methoxy groups -OCH3 is 1. The molecule has 0 aliphatic carbocycles. The lowest BCUT2D eigenvalue weighted by atomic mass is 10.1. The smallest absolute Gasteiger partial charge is 0.347 e. The summed E-state index contributed by atoms with van der Waals surface area (Å²) in [4.78, 5) is 24.4. The van der Waals surface area contributed by atoms with Crippen LogP contribution in [0.15, 0.2) is 49.1 Å². The van der Waals surface area contributed by atoms with Crippen LogP contribution in [0, 0.1) is 19.8 Å². The predicted octanol–water partition coefficient (Wildman–Crippen LogP) is 5.88. The van der Waals surface area contributed by atoms with Crippen molar-refractivity contribution in [1.29, 1.82) is 0 Å². The molecule has 0 radical (unpaired) electrons. The Morgan fingerprint density at radius 1 is 1.15 bits per heavy atom. The number of aryl methyl sites for hydroxylation is 1. The SMILES string of the molecule is C=CCOC(=O)c1ccc2c(c1)c(C)c(C)n2Cc1cc(OC(C(=O)OC)C(C)C)ccc1Cl. The van der Waals surface area contributed by atoms with Gasteiger partial charge >= 0.3 is 11.9 Å². The third-order valence-electron chi connectivity index (χ3n) is 5.85. The molecule has 0 N–H and O–H groups in total. The van der Waals surface area contributed by atoms with Crippen molar-refractivity contribution in [3.8, 4) is 5.75 Å². The molecular weight excluding hydrogens is 454 g/mol. The number of fused-ring (bicyclic) bond motifs is 1. The summed E-state index contributed by atoms with van der Waals surface area (Å²) < 4.78 is 18.2. The van der Waals surface area contributed by atoms with E-state index in [1.165, 1.54) is 7.11 Å². The largest absolute Gasteiger partial charge is 0.478 e. The second-order valence-corrected chi connectivity index (χ2v) is 8.88. The summed E-state index contributed by atoms with van der Waals surface area (Å²) in [7, 11) is 1.35. The maximum atomic E-state index is 12.3. The van der Waals surface area contributed by atoms with E-state index in [1.54, 1.807) is 24.3 Å². The Morgan fingerprint density at radius 2 is 1.88 bits per heavy atom. The van der Waals surface area contributed by atoms with Gasteiger partial charge in [0.1, 0.15) is 12.4 Å². The van der Waals surface area contributed by atoms with Crippen molar-refractivity contribution in [3.63, 3.8) is 0 Å². The first kappa shape index (κ1) is 25.4. The highest BCUT2D eigenvalue weighted by Gasteiger charge is 2.25. The van der Waals surface area contributed by atoms with E-state index in [0.717, 1.165) is 27.7 Å². The van der Waals surface area contributed by atoms with Crippen LogP contribution in [0.1, 0.15) is 41.0 Å². The van der Waals surface area contributed by atoms with Crippen LogP contribution in [-0.2, 0) is 20.8 Å². The van der Waals surface area contributed by atoms with E-state index in [1.807, 2.05) is 45.9 Å². The maximum Gasteiger partial charge on any atom is 0.347 e. The molecule has 34 heavy (non-hydrogen) atoms. The van der Waals surface area contributed by atoms with Gasteiger partial charge in [0.2, 0.25) is 0 Å². The molecule has 0 fully saturated rings. The van der Waals surface area contributed by atoms with E-state index in [0.29, 0.717) is 22.9 Å². The standard InChI is InChI=1S/C27H30ClNO5/c1-7-12-33-26(30)19-8-11-24-22(14-19)17(4)18(5)29(24)15-20-13-21(9-10-23(20)28)34-25(16(2)3)27(31)32-6/h7-11,13-14,16,25H,1,12,15H2,2-6H3. The molecule has 3 aromatic rings. The molecule has 180 valence electrons. The first-order valence-corrected chi connectivity index (χ1v) is 11.5. The maximum absolute atomic E-state index is 12.3. The molecule has 0 aliphatic heterocycles. The molecule has 2 aromatic carbocycles. The quantitative estimate of drug-likeness (QED) is 0.281. The molecule has 0 amide bonds. The van der Waals surface area contributed by atoms with Crippen LogP contribution in [0.2, 0.25) is 5.02 Å². The van der Waals surface area contributed by atoms with Crippen molar-refractivity contribution in [1.82, 2.24) is 4.57 Å². The van der Waals surface area contributed by atoms with Gasteiger partial charge in [-0.25, -0.2) is 9.59 Å². The molecule has 1 heterocycles. The van der Waals surface area contributed by atoms with Crippen molar-refractivity contribution in [2.75, 3.05) is 13.7 Å². The van der Waals surface area contributed by atoms with Crippen molar-refractivity contribution in [2.45, 2.75) is 40.3 Å². The number of ether oxygens (including phenoxy) is 3. The van der Waals surface area contributed by atoms with Gasteiger partial charge in [-0.3, -0.25) is 0 Å². The highest BCUT2D eigenvalue weighted by molar-refractivity contribution is 6.31. The van der Waals surface area contributed by atoms with E-state index in [-0.39, 0.29) is 18.5 Å². The van der Waals surface area contributed by atoms with E-state index in [9.17, 15) is 9.59 Å². The summed E-state index contributed by atoms with van der Waals surface area (Å²) >= 11 is 6.53. The van der Waals surface area contributed by atoms with Gasteiger partial charge in [-0.15, -0.1) is 0 Å². The number of rotatable bonds is 9. The van der Waals surface area contributed by atoms with Gasteiger partial charge < -0.3 is 18.8 Å². The minimum Gasteiger partial charge on any atom is -0.478 e. The van der Waals surface area contributed by atoms with Crippen molar-refractivity contribution in [3.05, 3.63) is 76.5 Å². The summed E-state index contributed by atoms with van der Waals surface area (Å²) in [6.07, 6.45) is 0.827. The molecule has 0 saturated heterocycles. The summed E-state index contributed by atoms with van der Waals surface area (Å²) in [6.45, 7) is 12.1. The van der Waals surface area contributed by atoms with Crippen LogP contribution in [0.25, 0.3) is 10.9 Å². The molecule has 1 unspecified atom stereocenters. The summed E-state index contributed by atoms with van der Waals surface area (Å²) in [6, 6.07) is 10.9. The first-order chi connectivity index (χ1) is 16.2. The van der Waals surface area contributed by atoms with Crippen LogP contribution < -0.4 is 4.74 Å². The normalized spacial score (nSPS) is 12.0. The lowest BCUT2D eigenvalue weighted by Crippen LogP contribution is -2.33. The summed E-state index contributed by atoms with van der Waals surface area (Å²) in [5.41, 5.74) is 4.45. The monoisotopic (exact) mass is 483 g/mol. The van der Waals surface area contributed by atoms with Gasteiger partial charge in [0.15, 0.2) is 6.10 Å². The van der Waals surface area contributed by atoms with E-state index in [2.05, 4.69) is 11.1 Å². The fourth-order valence-corrected chi connectivity index (χ4v) is 4.01. The molecule has 6 nitrogen and oxygen atoms in total. The van der Waals surface area contributed by atoms with Crippen LogP contribution in [0.4, 0.5) is 0 Å². The molecule has 7 heteroatoms. The summed E-state index contributed by atoms with van der Waals surface area (Å²) in [5, 5.41) is 1.56. The minimum absolute atomic E-state index is 0.0581. The average molecular weight is 484 g/mol. The zero-order chi connectivity index (χ0) is 25.0. The highest BCUT2D eigenvalue weighted by atomic mass is 35.5. The predicted molar refractivity (Wildman–Crippen MR) is 134 cm³/mol. The Hall–Kier alpha value is -3.25. The van der Waals surface area contributed by atoms with Gasteiger partial charge in [0, 0.05) is 34.1 Å². The Morgan fingerprint density at radius 3 is 2.53 bits per heavy atom. The van der Waals surface area contributed by atoms with Gasteiger partial charge in [0.25, 0.3) is 0 Å². The van der Waals surface area contributed by atoms with Crippen LogP contribution in [0.5, 0.6) is 5.75 Å². The first-order valence-electron chi connectivity index (χ1n) is 11.1. The zero-order valence-electron chi connectivity index (χ0n) is 20.2. The topological polar surface area (TPSA) is 66.8 Å². The van der Waals surface area contributed by atoms with E-state index in [4.69, 9.17) is 25.8 Å². The number of esters is 2. The average Bonchev–Trinajstić information content (AvgIpc) is 3.06. The Balaban J connectivity index is 1.95. The number of halogens is 1. The second-order valence-electron chi connectivity index (χ2n) is 8.47. The van der Waals surface area contributed by atoms with Gasteiger partial charge in [-0.2, -0.15) is 0 Å². The highest BCUT2D eigenvalue weighted by Crippen LogP contribution is 2.30. The fraction of sp³-hybridized carbons (Fsp3) is 0.333. The lowest BCUT2D eigenvalue weighted by Gasteiger charge is -2.21. The molecule has 1 aromatic heterocycles. The van der Waals surface area contributed by atoms with Crippen LogP contribution in [-0.4, -0.2) is 36.3 Å². The number of carbonyl (C=O) groups excluding carboxylic acids is 2. The fourth-order valence-electron chi connectivity index (χ4n) is 3.83. The molecule has 0 saturated carbocycles. The van der Waals surface area contributed by atoms with Crippen molar-refractivity contribution in [2.24, 2.45) is 5.92 Å². The van der Waals surface area contributed by atoms with Gasteiger partial charge in [-0.05, 0) is 61.4 Å².